The molecule has 0 aromatic carbocycles. The molecule has 18 heavy (non-hydrogen) atoms. The lowest BCUT2D eigenvalue weighted by atomic mass is 10.2. The Labute approximate surface area is 110 Å². The molecule has 0 spiro atoms. The summed E-state index contributed by atoms with van der Waals surface area (Å²) in [6.45, 7) is 6.18. The number of hydrogen-bond donors (Lipinski definition) is 0. The minimum atomic E-state index is -1.95. The summed E-state index contributed by atoms with van der Waals surface area (Å²) in [6, 6.07) is 2.73. The van der Waals surface area contributed by atoms with E-state index in [9.17, 15) is 9.59 Å². The lowest BCUT2D eigenvalue weighted by Crippen LogP contribution is -2.44. The Morgan fingerprint density at radius 3 is 1.83 bits per heavy atom. The van der Waals surface area contributed by atoms with Gasteiger partial charge in [0.15, 0.2) is 14.4 Å². The summed E-state index contributed by atoms with van der Waals surface area (Å²) < 4.78 is 15.2. The van der Waals surface area contributed by atoms with E-state index in [1.54, 1.807) is 0 Å². The molecule has 0 saturated heterocycles. The van der Waals surface area contributed by atoms with E-state index in [1.165, 1.54) is 14.2 Å². The summed E-state index contributed by atoms with van der Waals surface area (Å²) in [5.74, 6) is -0.968. The van der Waals surface area contributed by atoms with Crippen LogP contribution in [-0.4, -0.2) is 40.6 Å². The summed E-state index contributed by atoms with van der Waals surface area (Å²) in [5, 5.41) is 0. The standard InChI is InChI=1S/C12H24O5Si/c1-6-18(7-2,8-3)17-10(12(14)16-5)9-11(13)15-4/h10H,6-9H2,1-5H3. The van der Waals surface area contributed by atoms with Crippen LogP contribution in [0, 0.1) is 0 Å². The van der Waals surface area contributed by atoms with E-state index in [4.69, 9.17) is 4.43 Å². The molecule has 0 aliphatic carbocycles. The maximum atomic E-state index is 11.7. The quantitative estimate of drug-likeness (QED) is 0.502. The zero-order valence-corrected chi connectivity index (χ0v) is 12.9. The van der Waals surface area contributed by atoms with Crippen molar-refractivity contribution in [2.45, 2.75) is 51.4 Å². The number of esters is 2. The Kier molecular flexibility index (Phi) is 7.85. The van der Waals surface area contributed by atoms with Crippen molar-refractivity contribution < 1.29 is 23.5 Å². The molecule has 0 rings (SSSR count). The highest BCUT2D eigenvalue weighted by molar-refractivity contribution is 6.73. The van der Waals surface area contributed by atoms with Gasteiger partial charge in [0.2, 0.25) is 0 Å². The number of rotatable bonds is 8. The van der Waals surface area contributed by atoms with Crippen molar-refractivity contribution in [1.82, 2.24) is 0 Å². The van der Waals surface area contributed by atoms with Gasteiger partial charge in [-0.05, 0) is 18.1 Å². The van der Waals surface area contributed by atoms with Gasteiger partial charge >= 0.3 is 11.9 Å². The van der Waals surface area contributed by atoms with Crippen molar-refractivity contribution >= 4 is 20.3 Å². The van der Waals surface area contributed by atoms with E-state index in [-0.39, 0.29) is 6.42 Å². The summed E-state index contributed by atoms with van der Waals surface area (Å²) in [5.41, 5.74) is 0. The van der Waals surface area contributed by atoms with Gasteiger partial charge in [-0.25, -0.2) is 4.79 Å². The van der Waals surface area contributed by atoms with Crippen LogP contribution in [0.2, 0.25) is 18.1 Å². The Morgan fingerprint density at radius 1 is 1.00 bits per heavy atom. The van der Waals surface area contributed by atoms with Gasteiger partial charge in [0, 0.05) is 0 Å². The fraction of sp³-hybridized carbons (Fsp3) is 0.833. The summed E-state index contributed by atoms with van der Waals surface area (Å²) >= 11 is 0. The summed E-state index contributed by atoms with van der Waals surface area (Å²) in [6.07, 6.45) is -0.924. The van der Waals surface area contributed by atoms with E-state index in [0.29, 0.717) is 0 Å². The zero-order valence-electron chi connectivity index (χ0n) is 11.9. The van der Waals surface area contributed by atoms with E-state index in [0.717, 1.165) is 18.1 Å². The van der Waals surface area contributed by atoms with Crippen LogP contribution in [0.3, 0.4) is 0 Å². The minimum absolute atomic E-state index is 0.0854. The molecule has 1 atom stereocenters. The van der Waals surface area contributed by atoms with Crippen LogP contribution in [0.5, 0.6) is 0 Å². The first-order valence-electron chi connectivity index (χ1n) is 6.31. The van der Waals surface area contributed by atoms with Crippen LogP contribution in [0.15, 0.2) is 0 Å². The van der Waals surface area contributed by atoms with Crippen molar-refractivity contribution in [2.24, 2.45) is 0 Å². The lowest BCUT2D eigenvalue weighted by Gasteiger charge is -2.31. The van der Waals surface area contributed by atoms with E-state index < -0.39 is 26.4 Å². The molecule has 0 aliphatic heterocycles. The third kappa shape index (κ3) is 4.78. The van der Waals surface area contributed by atoms with Crippen molar-refractivity contribution in [3.8, 4) is 0 Å². The van der Waals surface area contributed by atoms with Crippen molar-refractivity contribution in [1.29, 1.82) is 0 Å². The van der Waals surface area contributed by atoms with Crippen LogP contribution in [-0.2, 0) is 23.5 Å². The topological polar surface area (TPSA) is 61.8 Å². The number of ether oxygens (including phenoxy) is 2. The second-order valence-corrected chi connectivity index (χ2v) is 8.88. The van der Waals surface area contributed by atoms with Gasteiger partial charge in [-0.1, -0.05) is 20.8 Å². The zero-order chi connectivity index (χ0) is 14.2. The molecule has 0 aromatic rings. The third-order valence-electron chi connectivity index (χ3n) is 3.37. The molecule has 0 radical (unpaired) electrons. The molecule has 0 amide bonds. The monoisotopic (exact) mass is 276 g/mol. The van der Waals surface area contributed by atoms with Gasteiger partial charge in [-0.3, -0.25) is 4.79 Å². The van der Waals surface area contributed by atoms with Gasteiger partial charge < -0.3 is 13.9 Å². The maximum absolute atomic E-state index is 11.7. The highest BCUT2D eigenvalue weighted by Crippen LogP contribution is 2.24. The second-order valence-electron chi connectivity index (χ2n) is 4.15. The number of carbonyl (C=O) groups excluding carboxylic acids is 2. The average molecular weight is 276 g/mol. The molecule has 0 aliphatic rings. The molecule has 0 bridgehead atoms. The van der Waals surface area contributed by atoms with Crippen LogP contribution in [0.1, 0.15) is 27.2 Å². The SMILES string of the molecule is CC[Si](CC)(CC)OC(CC(=O)OC)C(=O)OC. The summed E-state index contributed by atoms with van der Waals surface area (Å²) in [7, 11) is 0.639. The number of methoxy groups -OCH3 is 2. The Balaban J connectivity index is 4.86. The fourth-order valence-electron chi connectivity index (χ4n) is 1.84. The van der Waals surface area contributed by atoms with Crippen LogP contribution in [0.25, 0.3) is 0 Å². The average Bonchev–Trinajstić information content (AvgIpc) is 2.42. The Bertz CT molecular complexity index is 267. The van der Waals surface area contributed by atoms with Gasteiger partial charge in [0.25, 0.3) is 0 Å². The molecular weight excluding hydrogens is 252 g/mol. The first-order chi connectivity index (χ1) is 8.48. The van der Waals surface area contributed by atoms with Gasteiger partial charge in [-0.15, -0.1) is 0 Å². The highest BCUT2D eigenvalue weighted by atomic mass is 28.4. The van der Waals surface area contributed by atoms with E-state index in [2.05, 4.69) is 30.2 Å². The molecule has 0 saturated carbocycles. The first-order valence-corrected chi connectivity index (χ1v) is 8.83. The number of hydrogen-bond acceptors (Lipinski definition) is 5. The maximum Gasteiger partial charge on any atom is 0.334 e. The largest absolute Gasteiger partial charge is 0.469 e. The molecule has 0 N–H and O–H groups in total. The van der Waals surface area contributed by atoms with Crippen LogP contribution in [0.4, 0.5) is 0 Å². The van der Waals surface area contributed by atoms with Crippen molar-refractivity contribution in [3.63, 3.8) is 0 Å². The second kappa shape index (κ2) is 8.26. The van der Waals surface area contributed by atoms with Crippen molar-refractivity contribution in [3.05, 3.63) is 0 Å². The first kappa shape index (κ1) is 17.1. The minimum Gasteiger partial charge on any atom is -0.469 e. The third-order valence-corrected chi connectivity index (χ3v) is 8.02. The van der Waals surface area contributed by atoms with Crippen LogP contribution < -0.4 is 0 Å². The smallest absolute Gasteiger partial charge is 0.334 e. The van der Waals surface area contributed by atoms with Gasteiger partial charge in [0.05, 0.1) is 20.6 Å². The molecule has 0 fully saturated rings. The van der Waals surface area contributed by atoms with Crippen LogP contribution >= 0.6 is 0 Å². The number of carbonyl (C=O) groups is 2. The normalized spacial score (nSPS) is 12.9. The summed E-state index contributed by atoms with van der Waals surface area (Å²) in [4.78, 5) is 23.0. The molecule has 6 heteroatoms. The van der Waals surface area contributed by atoms with Gasteiger partial charge in [0.1, 0.15) is 0 Å². The molecule has 106 valence electrons. The molecular formula is C12H24O5Si. The molecule has 0 aromatic heterocycles. The molecule has 5 nitrogen and oxygen atoms in total. The molecule has 1 unspecified atom stereocenters. The van der Waals surface area contributed by atoms with E-state index in [1.807, 2.05) is 0 Å². The predicted octanol–water partition coefficient (Wildman–Crippen LogP) is 2.11. The lowest BCUT2D eigenvalue weighted by molar-refractivity contribution is -0.155. The predicted molar refractivity (Wildman–Crippen MR) is 70.7 cm³/mol. The van der Waals surface area contributed by atoms with E-state index >= 15 is 0 Å². The van der Waals surface area contributed by atoms with Gasteiger partial charge in [-0.2, -0.15) is 0 Å². The Morgan fingerprint density at radius 2 is 1.50 bits per heavy atom. The fourth-order valence-corrected chi connectivity index (χ4v) is 4.62. The van der Waals surface area contributed by atoms with Crippen molar-refractivity contribution in [2.75, 3.05) is 14.2 Å². The Hall–Kier alpha value is -0.883. The highest BCUT2D eigenvalue weighted by Gasteiger charge is 2.36. The molecule has 0 heterocycles.